The Labute approximate surface area is 102 Å². The van der Waals surface area contributed by atoms with Crippen LogP contribution in [0.4, 0.5) is 0 Å². The van der Waals surface area contributed by atoms with Gasteiger partial charge in [-0.1, -0.05) is 32.6 Å². The fraction of sp³-hybridized carbons (Fsp3) is 1.00. The molecule has 3 unspecified atom stereocenters. The summed E-state index contributed by atoms with van der Waals surface area (Å²) in [6.07, 6.45) is 9.45. The molecule has 1 aliphatic heterocycles. The first-order valence-electron chi connectivity index (χ1n) is 7.19. The topological polar surface area (TPSA) is 15.3 Å². The van der Waals surface area contributed by atoms with Crippen molar-refractivity contribution in [1.82, 2.24) is 10.4 Å². The quantitative estimate of drug-likeness (QED) is 0.694. The van der Waals surface area contributed by atoms with E-state index in [4.69, 9.17) is 0 Å². The van der Waals surface area contributed by atoms with Crippen LogP contribution in [0.15, 0.2) is 0 Å². The molecule has 0 aromatic carbocycles. The normalized spacial score (nSPS) is 29.2. The van der Waals surface area contributed by atoms with Crippen molar-refractivity contribution in [2.45, 2.75) is 90.8 Å². The van der Waals surface area contributed by atoms with Gasteiger partial charge in [0.15, 0.2) is 0 Å². The number of unbranched alkanes of at least 4 members (excludes halogenated alkanes) is 2. The molecule has 1 heterocycles. The molecule has 1 aliphatic rings. The Morgan fingerprint density at radius 2 is 1.81 bits per heavy atom. The summed E-state index contributed by atoms with van der Waals surface area (Å²) in [5, 5.41) is 2.50. The van der Waals surface area contributed by atoms with Crippen LogP contribution in [0.25, 0.3) is 0 Å². The van der Waals surface area contributed by atoms with Crippen LogP contribution in [0.1, 0.15) is 72.6 Å². The summed E-state index contributed by atoms with van der Waals surface area (Å²) >= 11 is 0. The van der Waals surface area contributed by atoms with Crippen LogP contribution in [-0.2, 0) is 0 Å². The van der Waals surface area contributed by atoms with E-state index in [0.717, 1.165) is 0 Å². The highest BCUT2D eigenvalue weighted by Crippen LogP contribution is 2.21. The lowest BCUT2D eigenvalue weighted by Crippen LogP contribution is -2.54. The number of rotatable bonds is 6. The zero-order valence-corrected chi connectivity index (χ0v) is 11.6. The first-order chi connectivity index (χ1) is 7.65. The largest absolute Gasteiger partial charge is 0.252 e. The third kappa shape index (κ3) is 4.42. The van der Waals surface area contributed by atoms with Gasteiger partial charge in [-0.25, -0.2) is 5.01 Å². The van der Waals surface area contributed by atoms with E-state index in [1.54, 1.807) is 0 Å². The number of piperidine rings is 1. The van der Waals surface area contributed by atoms with Crippen molar-refractivity contribution in [3.8, 4) is 0 Å². The molecule has 1 N–H and O–H groups in total. The predicted molar refractivity (Wildman–Crippen MR) is 71.4 cm³/mol. The van der Waals surface area contributed by atoms with Crippen LogP contribution in [0, 0.1) is 0 Å². The van der Waals surface area contributed by atoms with Crippen molar-refractivity contribution >= 4 is 0 Å². The second-order valence-corrected chi connectivity index (χ2v) is 5.56. The summed E-state index contributed by atoms with van der Waals surface area (Å²) in [7, 11) is 0. The molecule has 0 radical (unpaired) electrons. The Morgan fingerprint density at radius 1 is 1.19 bits per heavy atom. The SMILES string of the molecule is CCCCCC(C)NN1C(C)CCCC1C. The van der Waals surface area contributed by atoms with Crippen LogP contribution in [0.2, 0.25) is 0 Å². The summed E-state index contributed by atoms with van der Waals surface area (Å²) in [6.45, 7) is 9.29. The minimum Gasteiger partial charge on any atom is -0.252 e. The molecular formula is C14H30N2. The number of hydrazine groups is 1. The third-order valence-corrected chi connectivity index (χ3v) is 3.80. The van der Waals surface area contributed by atoms with E-state index in [1.165, 1.54) is 44.9 Å². The molecule has 0 spiro atoms. The lowest BCUT2D eigenvalue weighted by Gasteiger charge is -2.41. The number of hydrogen-bond acceptors (Lipinski definition) is 2. The van der Waals surface area contributed by atoms with Gasteiger partial charge in [0.25, 0.3) is 0 Å². The molecule has 0 amide bonds. The molecule has 1 rings (SSSR count). The summed E-state index contributed by atoms with van der Waals surface area (Å²) in [4.78, 5) is 0. The van der Waals surface area contributed by atoms with Crippen molar-refractivity contribution in [3.05, 3.63) is 0 Å². The summed E-state index contributed by atoms with van der Waals surface area (Å²) in [5.74, 6) is 0. The highest BCUT2D eigenvalue weighted by atomic mass is 15.5. The standard InChI is InChI=1S/C14H30N2/c1-5-6-7-9-12(2)15-16-13(3)10-8-11-14(16)4/h12-15H,5-11H2,1-4H3. The van der Waals surface area contributed by atoms with E-state index in [1.807, 2.05) is 0 Å². The molecule has 2 heteroatoms. The number of nitrogens with zero attached hydrogens (tertiary/aromatic N) is 1. The molecular weight excluding hydrogens is 196 g/mol. The number of nitrogens with one attached hydrogen (secondary N) is 1. The van der Waals surface area contributed by atoms with Crippen molar-refractivity contribution in [1.29, 1.82) is 0 Å². The fourth-order valence-electron chi connectivity index (χ4n) is 2.70. The smallest absolute Gasteiger partial charge is 0.0218 e. The molecule has 3 atom stereocenters. The fourth-order valence-corrected chi connectivity index (χ4v) is 2.70. The van der Waals surface area contributed by atoms with Gasteiger partial charge in [0.1, 0.15) is 0 Å². The first kappa shape index (κ1) is 14.0. The predicted octanol–water partition coefficient (Wildman–Crippen LogP) is 3.72. The summed E-state index contributed by atoms with van der Waals surface area (Å²) in [5.41, 5.74) is 3.71. The van der Waals surface area contributed by atoms with Gasteiger partial charge in [0.05, 0.1) is 0 Å². The zero-order valence-electron chi connectivity index (χ0n) is 11.6. The minimum absolute atomic E-state index is 0.634. The van der Waals surface area contributed by atoms with E-state index in [-0.39, 0.29) is 0 Å². The highest BCUT2D eigenvalue weighted by Gasteiger charge is 2.25. The van der Waals surface area contributed by atoms with Gasteiger partial charge in [0.2, 0.25) is 0 Å². The van der Waals surface area contributed by atoms with Crippen molar-refractivity contribution in [3.63, 3.8) is 0 Å². The van der Waals surface area contributed by atoms with Crippen LogP contribution >= 0.6 is 0 Å². The van der Waals surface area contributed by atoms with Gasteiger partial charge >= 0.3 is 0 Å². The molecule has 1 fully saturated rings. The van der Waals surface area contributed by atoms with Crippen LogP contribution < -0.4 is 5.43 Å². The Hall–Kier alpha value is -0.0800. The van der Waals surface area contributed by atoms with E-state index < -0.39 is 0 Å². The maximum Gasteiger partial charge on any atom is 0.0218 e. The van der Waals surface area contributed by atoms with Gasteiger partial charge in [-0.05, 0) is 40.0 Å². The second kappa shape index (κ2) is 7.29. The van der Waals surface area contributed by atoms with Crippen LogP contribution in [0.5, 0.6) is 0 Å². The minimum atomic E-state index is 0.634. The summed E-state index contributed by atoms with van der Waals surface area (Å²) < 4.78 is 0. The van der Waals surface area contributed by atoms with E-state index >= 15 is 0 Å². The van der Waals surface area contributed by atoms with Gasteiger partial charge in [0, 0.05) is 18.1 Å². The average molecular weight is 226 g/mol. The van der Waals surface area contributed by atoms with E-state index in [0.29, 0.717) is 18.1 Å². The van der Waals surface area contributed by atoms with E-state index in [2.05, 4.69) is 38.1 Å². The molecule has 96 valence electrons. The molecule has 2 nitrogen and oxygen atoms in total. The monoisotopic (exact) mass is 226 g/mol. The third-order valence-electron chi connectivity index (χ3n) is 3.80. The molecule has 0 aromatic rings. The van der Waals surface area contributed by atoms with Gasteiger partial charge in [-0.3, -0.25) is 5.43 Å². The lowest BCUT2D eigenvalue weighted by molar-refractivity contribution is 0.0306. The van der Waals surface area contributed by atoms with Crippen LogP contribution in [-0.4, -0.2) is 23.1 Å². The highest BCUT2D eigenvalue weighted by molar-refractivity contribution is 4.78. The molecule has 0 saturated carbocycles. The maximum atomic E-state index is 3.71. The van der Waals surface area contributed by atoms with Gasteiger partial charge in [-0.2, -0.15) is 0 Å². The van der Waals surface area contributed by atoms with Crippen molar-refractivity contribution < 1.29 is 0 Å². The molecule has 0 aliphatic carbocycles. The van der Waals surface area contributed by atoms with Crippen LogP contribution in [0.3, 0.4) is 0 Å². The lowest BCUT2D eigenvalue weighted by atomic mass is 9.99. The second-order valence-electron chi connectivity index (χ2n) is 5.56. The Morgan fingerprint density at radius 3 is 2.38 bits per heavy atom. The first-order valence-corrected chi connectivity index (χ1v) is 7.19. The Bertz CT molecular complexity index is 172. The van der Waals surface area contributed by atoms with Gasteiger partial charge in [-0.15, -0.1) is 0 Å². The van der Waals surface area contributed by atoms with Crippen molar-refractivity contribution in [2.24, 2.45) is 0 Å². The Balaban J connectivity index is 2.27. The van der Waals surface area contributed by atoms with Gasteiger partial charge < -0.3 is 0 Å². The molecule has 0 bridgehead atoms. The average Bonchev–Trinajstić information content (AvgIpc) is 2.24. The Kier molecular flexibility index (Phi) is 6.37. The molecule has 0 aromatic heterocycles. The summed E-state index contributed by atoms with van der Waals surface area (Å²) in [6, 6.07) is 2.05. The zero-order chi connectivity index (χ0) is 12.0. The molecule has 16 heavy (non-hydrogen) atoms. The number of hydrogen-bond donors (Lipinski definition) is 1. The van der Waals surface area contributed by atoms with Crippen molar-refractivity contribution in [2.75, 3.05) is 0 Å². The van der Waals surface area contributed by atoms with E-state index in [9.17, 15) is 0 Å². The molecule has 1 saturated heterocycles. The maximum absolute atomic E-state index is 3.71.